The molecule has 0 saturated carbocycles. The summed E-state index contributed by atoms with van der Waals surface area (Å²) in [5, 5.41) is 11.4. The van der Waals surface area contributed by atoms with E-state index in [-0.39, 0.29) is 23.1 Å². The molecule has 1 aromatic rings. The van der Waals surface area contributed by atoms with Gasteiger partial charge in [0.05, 0.1) is 6.10 Å². The Labute approximate surface area is 139 Å². The minimum Gasteiger partial charge on any atom is -0.463 e. The Morgan fingerprint density at radius 3 is 1.83 bits per heavy atom. The van der Waals surface area contributed by atoms with Crippen molar-refractivity contribution in [2.24, 2.45) is 22.7 Å². The van der Waals surface area contributed by atoms with E-state index >= 15 is 0 Å². The van der Waals surface area contributed by atoms with Gasteiger partial charge in [-0.1, -0.05) is 27.7 Å². The maximum Gasteiger partial charge on any atom is 0.136 e. The fourth-order valence-corrected chi connectivity index (χ4v) is 5.53. The van der Waals surface area contributed by atoms with Crippen LogP contribution >= 0.6 is 0 Å². The maximum atomic E-state index is 11.4. The average Bonchev–Trinajstić information content (AvgIpc) is 2.88. The molecular formula is C19H30N2O2. The number of hydrogen-bond acceptors (Lipinski definition) is 4. The van der Waals surface area contributed by atoms with Gasteiger partial charge >= 0.3 is 0 Å². The third-order valence-electron chi connectivity index (χ3n) is 7.09. The Morgan fingerprint density at radius 1 is 1.00 bits per heavy atom. The first-order valence-corrected chi connectivity index (χ1v) is 9.03. The molecule has 4 heteroatoms. The van der Waals surface area contributed by atoms with Gasteiger partial charge in [-0.25, -0.2) is 0 Å². The van der Waals surface area contributed by atoms with Crippen LogP contribution in [-0.4, -0.2) is 47.2 Å². The van der Waals surface area contributed by atoms with Crippen molar-refractivity contribution < 1.29 is 9.52 Å². The van der Waals surface area contributed by atoms with Gasteiger partial charge in [0.15, 0.2) is 0 Å². The van der Waals surface area contributed by atoms with Gasteiger partial charge in [-0.2, -0.15) is 0 Å². The molecule has 128 valence electrons. The predicted molar refractivity (Wildman–Crippen MR) is 89.9 cm³/mol. The summed E-state index contributed by atoms with van der Waals surface area (Å²) in [6, 6.07) is 4.19. The topological polar surface area (TPSA) is 39.9 Å². The third kappa shape index (κ3) is 1.89. The lowest BCUT2D eigenvalue weighted by molar-refractivity contribution is -0.290. The highest BCUT2D eigenvalue weighted by molar-refractivity contribution is 5.21. The van der Waals surface area contributed by atoms with Crippen molar-refractivity contribution in [3.63, 3.8) is 0 Å². The number of hydrogen-bond donors (Lipinski definition) is 1. The van der Waals surface area contributed by atoms with Crippen molar-refractivity contribution in [3.8, 4) is 0 Å². The molecule has 4 aliphatic heterocycles. The van der Waals surface area contributed by atoms with Crippen LogP contribution in [0, 0.1) is 29.6 Å². The van der Waals surface area contributed by atoms with E-state index in [0.29, 0.717) is 11.8 Å². The first-order chi connectivity index (χ1) is 10.8. The zero-order valence-corrected chi connectivity index (χ0v) is 15.0. The summed E-state index contributed by atoms with van der Waals surface area (Å²) >= 11 is 0. The second-order valence-corrected chi connectivity index (χ2v) is 8.81. The van der Waals surface area contributed by atoms with E-state index in [0.717, 1.165) is 37.7 Å². The van der Waals surface area contributed by atoms with E-state index in [1.165, 1.54) is 0 Å². The van der Waals surface area contributed by atoms with Crippen LogP contribution in [0.25, 0.3) is 0 Å². The smallest absolute Gasteiger partial charge is 0.136 e. The molecule has 0 aliphatic carbocycles. The maximum absolute atomic E-state index is 11.4. The molecule has 1 N–H and O–H groups in total. The van der Waals surface area contributed by atoms with Crippen LogP contribution in [-0.2, 0) is 0 Å². The lowest BCUT2D eigenvalue weighted by Crippen LogP contribution is -2.80. The zero-order chi connectivity index (χ0) is 16.6. The van der Waals surface area contributed by atoms with Gasteiger partial charge in [-0.3, -0.25) is 9.80 Å². The Kier molecular flexibility index (Phi) is 3.30. The van der Waals surface area contributed by atoms with Crippen LogP contribution in [0.2, 0.25) is 0 Å². The van der Waals surface area contributed by atoms with Gasteiger partial charge in [0.2, 0.25) is 0 Å². The summed E-state index contributed by atoms with van der Waals surface area (Å²) in [4.78, 5) is 5.13. The molecule has 1 aromatic heterocycles. The number of aryl methyl sites for hydroxylation is 1. The van der Waals surface area contributed by atoms with Crippen molar-refractivity contribution in [2.45, 2.75) is 46.9 Å². The standard InChI is InChI=1S/C19H30N2O2/c1-12(2)18-8-20-10-19(13(3)4,17(18)22)11-21(9-18)16(20)15-7-6-14(5)23-15/h6-7,12-13,16-17,22H,8-11H2,1-5H3. The van der Waals surface area contributed by atoms with E-state index in [2.05, 4.69) is 49.6 Å². The summed E-state index contributed by atoms with van der Waals surface area (Å²) in [6.07, 6.45) is 0.0386. The molecule has 0 radical (unpaired) electrons. The second-order valence-electron chi connectivity index (χ2n) is 8.81. The number of aliphatic hydroxyl groups is 1. The molecule has 0 spiro atoms. The molecule has 0 amide bonds. The Hall–Kier alpha value is -0.840. The fraction of sp³-hybridized carbons (Fsp3) is 0.789. The summed E-state index contributed by atoms with van der Waals surface area (Å²) in [5.74, 6) is 2.99. The molecule has 4 saturated heterocycles. The van der Waals surface area contributed by atoms with Crippen LogP contribution in [0.15, 0.2) is 16.5 Å². The van der Waals surface area contributed by atoms with E-state index in [9.17, 15) is 5.11 Å². The summed E-state index contributed by atoms with van der Waals surface area (Å²) < 4.78 is 5.98. The fourth-order valence-electron chi connectivity index (χ4n) is 5.53. The SMILES string of the molecule is Cc1ccc(C2N3CC4(C(C)C)CN2CC(C(C)C)(C3)C4O)o1. The molecule has 0 aromatic carbocycles. The molecular weight excluding hydrogens is 288 g/mol. The lowest BCUT2D eigenvalue weighted by Gasteiger charge is -2.71. The highest BCUT2D eigenvalue weighted by Gasteiger charge is 2.67. The molecule has 0 atom stereocenters. The van der Waals surface area contributed by atoms with Crippen LogP contribution in [0.5, 0.6) is 0 Å². The number of furan rings is 1. The van der Waals surface area contributed by atoms with E-state index in [1.807, 2.05) is 6.92 Å². The molecule has 5 heterocycles. The van der Waals surface area contributed by atoms with Crippen molar-refractivity contribution in [3.05, 3.63) is 23.7 Å². The average molecular weight is 318 g/mol. The molecule has 4 aliphatic rings. The molecule has 4 nitrogen and oxygen atoms in total. The van der Waals surface area contributed by atoms with Gasteiger partial charge in [-0.15, -0.1) is 0 Å². The van der Waals surface area contributed by atoms with Crippen molar-refractivity contribution in [1.29, 1.82) is 0 Å². The van der Waals surface area contributed by atoms with E-state index < -0.39 is 0 Å². The molecule has 23 heavy (non-hydrogen) atoms. The minimum atomic E-state index is -0.207. The molecule has 0 unspecified atom stereocenters. The highest BCUT2D eigenvalue weighted by atomic mass is 16.3. The first-order valence-electron chi connectivity index (χ1n) is 9.03. The van der Waals surface area contributed by atoms with Gasteiger partial charge in [-0.05, 0) is 30.9 Å². The molecule has 4 fully saturated rings. The van der Waals surface area contributed by atoms with E-state index in [4.69, 9.17) is 4.42 Å². The van der Waals surface area contributed by atoms with Crippen LogP contribution in [0.4, 0.5) is 0 Å². The van der Waals surface area contributed by atoms with Crippen LogP contribution < -0.4 is 0 Å². The Morgan fingerprint density at radius 2 is 1.48 bits per heavy atom. The van der Waals surface area contributed by atoms with Crippen molar-refractivity contribution in [1.82, 2.24) is 9.80 Å². The van der Waals surface area contributed by atoms with Crippen molar-refractivity contribution >= 4 is 0 Å². The number of rotatable bonds is 3. The Bertz CT molecular complexity index is 562. The largest absolute Gasteiger partial charge is 0.463 e. The van der Waals surface area contributed by atoms with Crippen molar-refractivity contribution in [2.75, 3.05) is 26.2 Å². The van der Waals surface area contributed by atoms with E-state index in [1.54, 1.807) is 0 Å². The first kappa shape index (κ1) is 15.7. The predicted octanol–water partition coefficient (Wildman–Crippen LogP) is 2.88. The third-order valence-corrected chi connectivity index (χ3v) is 7.09. The van der Waals surface area contributed by atoms with Gasteiger partial charge < -0.3 is 9.52 Å². The van der Waals surface area contributed by atoms with Gasteiger partial charge in [0, 0.05) is 37.0 Å². The zero-order valence-electron chi connectivity index (χ0n) is 15.0. The van der Waals surface area contributed by atoms with Crippen LogP contribution in [0.3, 0.4) is 0 Å². The second kappa shape index (κ2) is 4.84. The summed E-state index contributed by atoms with van der Waals surface area (Å²) in [5.41, 5.74) is -0.0299. The number of nitrogens with zero attached hydrogens (tertiary/aromatic N) is 2. The monoisotopic (exact) mass is 318 g/mol. The molecule has 4 bridgehead atoms. The minimum absolute atomic E-state index is 0.0150. The summed E-state index contributed by atoms with van der Waals surface area (Å²) in [7, 11) is 0. The quantitative estimate of drug-likeness (QED) is 0.930. The lowest BCUT2D eigenvalue weighted by atomic mass is 9.52. The Balaban J connectivity index is 1.78. The van der Waals surface area contributed by atoms with Crippen LogP contribution in [0.1, 0.15) is 45.4 Å². The summed E-state index contributed by atoms with van der Waals surface area (Å²) in [6.45, 7) is 15.0. The highest BCUT2D eigenvalue weighted by Crippen LogP contribution is 2.59. The van der Waals surface area contributed by atoms with Gasteiger partial charge in [0.25, 0.3) is 0 Å². The number of piperidine rings is 2. The normalized spacial score (nSPS) is 45.4. The van der Waals surface area contributed by atoms with Gasteiger partial charge in [0.1, 0.15) is 17.7 Å². The molecule has 5 rings (SSSR count). The number of aliphatic hydroxyl groups excluding tert-OH is 1.